The van der Waals surface area contributed by atoms with Crippen molar-refractivity contribution >= 4 is 11.6 Å². The van der Waals surface area contributed by atoms with E-state index in [2.05, 4.69) is 23.3 Å². The third-order valence-corrected chi connectivity index (χ3v) is 3.70. The van der Waals surface area contributed by atoms with Crippen LogP contribution in [0.15, 0.2) is 18.5 Å². The quantitative estimate of drug-likeness (QED) is 0.836. The molecule has 0 bridgehead atoms. The number of nitrogens with zero attached hydrogens (tertiary/aromatic N) is 1. The van der Waals surface area contributed by atoms with Crippen LogP contribution in [0.5, 0.6) is 0 Å². The van der Waals surface area contributed by atoms with Crippen LogP contribution in [0, 0.1) is 5.92 Å². The molecule has 1 fully saturated rings. The van der Waals surface area contributed by atoms with Crippen molar-refractivity contribution in [3.63, 3.8) is 0 Å². The molecule has 1 N–H and O–H groups in total. The molecular formula is C12H17ClN2. The monoisotopic (exact) mass is 224 g/mol. The molecule has 1 aliphatic heterocycles. The SMILES string of the molecule is CC(c1ccncc1Cl)C1CCNCC1. The van der Waals surface area contributed by atoms with Gasteiger partial charge in [-0.05, 0) is 49.4 Å². The van der Waals surface area contributed by atoms with Crippen LogP contribution in [0.1, 0.15) is 31.2 Å². The zero-order valence-electron chi connectivity index (χ0n) is 9.04. The molecule has 0 spiro atoms. The normalized spacial score (nSPS) is 20.1. The predicted molar refractivity (Wildman–Crippen MR) is 63.3 cm³/mol. The van der Waals surface area contributed by atoms with Crippen LogP contribution in [0.3, 0.4) is 0 Å². The van der Waals surface area contributed by atoms with Gasteiger partial charge in [-0.3, -0.25) is 4.98 Å². The highest BCUT2D eigenvalue weighted by Gasteiger charge is 2.22. The first kappa shape index (κ1) is 10.9. The lowest BCUT2D eigenvalue weighted by Gasteiger charge is -2.28. The fraction of sp³-hybridized carbons (Fsp3) is 0.583. The van der Waals surface area contributed by atoms with E-state index in [9.17, 15) is 0 Å². The van der Waals surface area contributed by atoms with E-state index in [1.807, 2.05) is 6.20 Å². The lowest BCUT2D eigenvalue weighted by Crippen LogP contribution is -2.30. The number of hydrogen-bond donors (Lipinski definition) is 1. The zero-order valence-corrected chi connectivity index (χ0v) is 9.80. The molecule has 1 aromatic rings. The lowest BCUT2D eigenvalue weighted by atomic mass is 9.82. The third-order valence-electron chi connectivity index (χ3n) is 3.39. The fourth-order valence-corrected chi connectivity index (χ4v) is 2.64. The molecule has 0 aliphatic carbocycles. The molecule has 3 heteroatoms. The summed E-state index contributed by atoms with van der Waals surface area (Å²) in [5.41, 5.74) is 1.25. The lowest BCUT2D eigenvalue weighted by molar-refractivity contribution is 0.330. The molecule has 0 saturated carbocycles. The van der Waals surface area contributed by atoms with E-state index in [-0.39, 0.29) is 0 Å². The van der Waals surface area contributed by atoms with Crippen molar-refractivity contribution in [3.05, 3.63) is 29.0 Å². The van der Waals surface area contributed by atoms with Crippen LogP contribution >= 0.6 is 11.6 Å². The summed E-state index contributed by atoms with van der Waals surface area (Å²) in [5, 5.41) is 4.20. The topological polar surface area (TPSA) is 24.9 Å². The van der Waals surface area contributed by atoms with E-state index in [1.54, 1.807) is 6.20 Å². The van der Waals surface area contributed by atoms with E-state index in [4.69, 9.17) is 11.6 Å². The Morgan fingerprint density at radius 2 is 2.20 bits per heavy atom. The average molecular weight is 225 g/mol. The molecule has 2 nitrogen and oxygen atoms in total. The van der Waals surface area contributed by atoms with Crippen molar-refractivity contribution in [1.29, 1.82) is 0 Å². The van der Waals surface area contributed by atoms with Gasteiger partial charge >= 0.3 is 0 Å². The first-order valence-corrected chi connectivity index (χ1v) is 5.97. The number of pyridine rings is 1. The Labute approximate surface area is 96.1 Å². The Kier molecular flexibility index (Phi) is 3.60. The highest BCUT2D eigenvalue weighted by Crippen LogP contribution is 2.33. The second-order valence-electron chi connectivity index (χ2n) is 4.27. The Hall–Kier alpha value is -0.600. The molecular weight excluding hydrogens is 208 g/mol. The van der Waals surface area contributed by atoms with Crippen molar-refractivity contribution in [1.82, 2.24) is 10.3 Å². The summed E-state index contributed by atoms with van der Waals surface area (Å²) in [6.45, 7) is 4.55. The van der Waals surface area contributed by atoms with E-state index in [0.29, 0.717) is 5.92 Å². The van der Waals surface area contributed by atoms with Crippen molar-refractivity contribution in [2.45, 2.75) is 25.7 Å². The van der Waals surface area contributed by atoms with Gasteiger partial charge in [0.15, 0.2) is 0 Å². The Morgan fingerprint density at radius 3 is 2.87 bits per heavy atom. The number of rotatable bonds is 2. The highest BCUT2D eigenvalue weighted by atomic mass is 35.5. The third kappa shape index (κ3) is 2.50. The molecule has 1 aliphatic rings. The minimum Gasteiger partial charge on any atom is -0.317 e. The molecule has 2 rings (SSSR count). The van der Waals surface area contributed by atoms with Crippen LogP contribution in [-0.4, -0.2) is 18.1 Å². The number of piperidine rings is 1. The Balaban J connectivity index is 2.12. The summed E-state index contributed by atoms with van der Waals surface area (Å²) in [4.78, 5) is 4.03. The minimum absolute atomic E-state index is 0.544. The maximum atomic E-state index is 6.16. The van der Waals surface area contributed by atoms with Gasteiger partial charge in [0.1, 0.15) is 0 Å². The minimum atomic E-state index is 0.544. The molecule has 2 heterocycles. The number of hydrogen-bond acceptors (Lipinski definition) is 2. The maximum absolute atomic E-state index is 6.16. The number of nitrogens with one attached hydrogen (secondary N) is 1. The van der Waals surface area contributed by atoms with Crippen LogP contribution < -0.4 is 5.32 Å². The smallest absolute Gasteiger partial charge is 0.0624 e. The van der Waals surface area contributed by atoms with E-state index < -0.39 is 0 Å². The second kappa shape index (κ2) is 4.95. The molecule has 0 radical (unpaired) electrons. The van der Waals surface area contributed by atoms with E-state index in [0.717, 1.165) is 24.0 Å². The highest BCUT2D eigenvalue weighted by molar-refractivity contribution is 6.31. The van der Waals surface area contributed by atoms with Gasteiger partial charge in [0.25, 0.3) is 0 Å². The summed E-state index contributed by atoms with van der Waals surface area (Å²) >= 11 is 6.16. The van der Waals surface area contributed by atoms with Crippen molar-refractivity contribution < 1.29 is 0 Å². The van der Waals surface area contributed by atoms with E-state index in [1.165, 1.54) is 18.4 Å². The summed E-state index contributed by atoms with van der Waals surface area (Å²) < 4.78 is 0. The zero-order chi connectivity index (χ0) is 10.7. The number of halogens is 1. The van der Waals surface area contributed by atoms with E-state index >= 15 is 0 Å². The fourth-order valence-electron chi connectivity index (χ4n) is 2.35. The predicted octanol–water partition coefficient (Wildman–Crippen LogP) is 2.84. The van der Waals surface area contributed by atoms with Gasteiger partial charge < -0.3 is 5.32 Å². The standard InChI is InChI=1S/C12H17ClN2/c1-9(10-2-5-14-6-3-10)11-4-7-15-8-12(11)13/h4,7-10,14H,2-3,5-6H2,1H3. The van der Waals surface area contributed by atoms with Gasteiger partial charge in [0, 0.05) is 12.4 Å². The first-order valence-electron chi connectivity index (χ1n) is 5.59. The van der Waals surface area contributed by atoms with Crippen LogP contribution in [0.25, 0.3) is 0 Å². The summed E-state index contributed by atoms with van der Waals surface area (Å²) in [5.74, 6) is 1.30. The van der Waals surface area contributed by atoms with Gasteiger partial charge in [0.2, 0.25) is 0 Å². The second-order valence-corrected chi connectivity index (χ2v) is 4.68. The van der Waals surface area contributed by atoms with Crippen LogP contribution in [0.2, 0.25) is 5.02 Å². The molecule has 0 aromatic carbocycles. The summed E-state index contributed by atoms with van der Waals surface area (Å²) in [7, 11) is 0. The molecule has 1 atom stereocenters. The molecule has 0 amide bonds. The molecule has 1 saturated heterocycles. The largest absolute Gasteiger partial charge is 0.317 e. The van der Waals surface area contributed by atoms with Gasteiger partial charge in [-0.2, -0.15) is 0 Å². The summed E-state index contributed by atoms with van der Waals surface area (Å²) in [6.07, 6.45) is 6.08. The molecule has 1 aromatic heterocycles. The average Bonchev–Trinajstić information content (AvgIpc) is 2.30. The van der Waals surface area contributed by atoms with Gasteiger partial charge in [-0.25, -0.2) is 0 Å². The maximum Gasteiger partial charge on any atom is 0.0624 e. The van der Waals surface area contributed by atoms with Crippen molar-refractivity contribution in [2.24, 2.45) is 5.92 Å². The van der Waals surface area contributed by atoms with Gasteiger partial charge in [-0.1, -0.05) is 18.5 Å². The van der Waals surface area contributed by atoms with Crippen molar-refractivity contribution in [2.75, 3.05) is 13.1 Å². The molecule has 1 unspecified atom stereocenters. The van der Waals surface area contributed by atoms with Crippen LogP contribution in [0.4, 0.5) is 0 Å². The number of aromatic nitrogens is 1. The molecule has 15 heavy (non-hydrogen) atoms. The Bertz CT molecular complexity index is 321. The van der Waals surface area contributed by atoms with Crippen molar-refractivity contribution in [3.8, 4) is 0 Å². The van der Waals surface area contributed by atoms with Gasteiger partial charge in [-0.15, -0.1) is 0 Å². The Morgan fingerprint density at radius 1 is 1.47 bits per heavy atom. The van der Waals surface area contributed by atoms with Gasteiger partial charge in [0.05, 0.1) is 5.02 Å². The first-order chi connectivity index (χ1) is 7.29. The molecule has 82 valence electrons. The van der Waals surface area contributed by atoms with Crippen LogP contribution in [-0.2, 0) is 0 Å². The summed E-state index contributed by atoms with van der Waals surface area (Å²) in [6, 6.07) is 2.05.